The van der Waals surface area contributed by atoms with Gasteiger partial charge in [-0.05, 0) is 59.9 Å². The summed E-state index contributed by atoms with van der Waals surface area (Å²) in [4.78, 5) is 13.0. The minimum Gasteiger partial charge on any atom is -0.336 e. The Morgan fingerprint density at radius 3 is 2.71 bits per heavy atom. The number of fused-ring (bicyclic) bond motifs is 1. The molecule has 3 aromatic rings. The molecule has 0 saturated heterocycles. The summed E-state index contributed by atoms with van der Waals surface area (Å²) < 4.78 is 3.03. The number of hydrogen-bond donors (Lipinski definition) is 1. The minimum atomic E-state index is 0.726. The second-order valence-electron chi connectivity index (χ2n) is 3.34. The molecule has 1 N–H and O–H groups in total. The highest BCUT2D eigenvalue weighted by Crippen LogP contribution is 2.37. The van der Waals surface area contributed by atoms with E-state index in [2.05, 4.69) is 62.7 Å². The van der Waals surface area contributed by atoms with Gasteiger partial charge < -0.3 is 4.98 Å². The molecule has 0 aliphatic carbocycles. The number of halogens is 3. The van der Waals surface area contributed by atoms with Crippen LogP contribution in [0.5, 0.6) is 0 Å². The highest BCUT2D eigenvalue weighted by Gasteiger charge is 2.11. The van der Waals surface area contributed by atoms with Gasteiger partial charge in [0.15, 0.2) is 11.5 Å². The van der Waals surface area contributed by atoms with Gasteiger partial charge in [0.2, 0.25) is 0 Å². The summed E-state index contributed by atoms with van der Waals surface area (Å²) >= 11 is 12.0. The molecule has 0 aromatic carbocycles. The summed E-state index contributed by atoms with van der Waals surface area (Å²) in [6, 6.07) is 4.00. The van der Waals surface area contributed by atoms with Gasteiger partial charge in [-0.3, -0.25) is 0 Å². The molecule has 0 aliphatic rings. The number of nitrogens with one attached hydrogen (secondary N) is 1. The molecular formula is C10H4Br3N3S. The van der Waals surface area contributed by atoms with Crippen LogP contribution in [0.2, 0.25) is 0 Å². The fourth-order valence-electron chi connectivity index (χ4n) is 1.45. The zero-order chi connectivity index (χ0) is 12.0. The van der Waals surface area contributed by atoms with E-state index in [4.69, 9.17) is 0 Å². The first-order chi connectivity index (χ1) is 8.13. The van der Waals surface area contributed by atoms with E-state index in [0.29, 0.717) is 0 Å². The van der Waals surface area contributed by atoms with Crippen LogP contribution in [0.1, 0.15) is 0 Å². The van der Waals surface area contributed by atoms with E-state index in [1.54, 1.807) is 17.5 Å². The molecule has 3 rings (SSSR count). The molecule has 3 heterocycles. The number of thiophene rings is 1. The third kappa shape index (κ3) is 2.21. The van der Waals surface area contributed by atoms with Crippen LogP contribution >= 0.6 is 59.1 Å². The van der Waals surface area contributed by atoms with Gasteiger partial charge >= 0.3 is 0 Å². The zero-order valence-corrected chi connectivity index (χ0v) is 13.7. The first-order valence-corrected chi connectivity index (χ1v) is 7.79. The smallest absolute Gasteiger partial charge is 0.178 e. The van der Waals surface area contributed by atoms with Crippen molar-refractivity contribution in [1.29, 1.82) is 0 Å². The van der Waals surface area contributed by atoms with Crippen molar-refractivity contribution in [3.05, 3.63) is 31.1 Å². The molecule has 0 saturated carbocycles. The minimum absolute atomic E-state index is 0.726. The Labute approximate surface area is 126 Å². The second-order valence-corrected chi connectivity index (χ2v) is 7.48. The number of imidazole rings is 1. The number of H-pyrrole nitrogens is 1. The van der Waals surface area contributed by atoms with Gasteiger partial charge in [0.05, 0.1) is 14.2 Å². The van der Waals surface area contributed by atoms with Gasteiger partial charge in [0.25, 0.3) is 0 Å². The van der Waals surface area contributed by atoms with Crippen LogP contribution in [-0.4, -0.2) is 15.0 Å². The number of nitrogens with zero attached hydrogens (tertiary/aromatic N) is 2. The van der Waals surface area contributed by atoms with Crippen LogP contribution in [0.4, 0.5) is 0 Å². The van der Waals surface area contributed by atoms with E-state index >= 15 is 0 Å². The molecule has 0 fully saturated rings. The normalized spacial score (nSPS) is 11.2. The predicted octanol–water partition coefficient (Wildman–Crippen LogP) is 4.97. The van der Waals surface area contributed by atoms with E-state index in [-0.39, 0.29) is 0 Å². The summed E-state index contributed by atoms with van der Waals surface area (Å²) in [7, 11) is 0. The standard InChI is InChI=1S/C10H4Br3N3S/c11-4-1-6-9(14-3-4)16-10(15-6)7-2-5(12)8(13)17-7/h1-3H,(H,14,15,16). The summed E-state index contributed by atoms with van der Waals surface area (Å²) in [6.45, 7) is 0. The molecule has 3 nitrogen and oxygen atoms in total. The van der Waals surface area contributed by atoms with Gasteiger partial charge in [-0.1, -0.05) is 0 Å². The Hall–Kier alpha value is -0.240. The van der Waals surface area contributed by atoms with Crippen molar-refractivity contribution >= 4 is 70.3 Å². The molecule has 0 aliphatic heterocycles. The fourth-order valence-corrected chi connectivity index (χ4v) is 3.77. The number of pyridine rings is 1. The van der Waals surface area contributed by atoms with Gasteiger partial charge in [-0.2, -0.15) is 0 Å². The maximum absolute atomic E-state index is 4.46. The number of rotatable bonds is 1. The Bertz CT molecular complexity index is 684. The predicted molar refractivity (Wildman–Crippen MR) is 80.3 cm³/mol. The zero-order valence-electron chi connectivity index (χ0n) is 8.17. The lowest BCUT2D eigenvalue weighted by Gasteiger charge is -1.87. The molecule has 86 valence electrons. The van der Waals surface area contributed by atoms with Crippen molar-refractivity contribution in [2.75, 3.05) is 0 Å². The molecule has 7 heteroatoms. The fraction of sp³-hybridized carbons (Fsp3) is 0. The van der Waals surface area contributed by atoms with Crippen LogP contribution in [0, 0.1) is 0 Å². The highest BCUT2D eigenvalue weighted by molar-refractivity contribution is 9.13. The molecule has 0 bridgehead atoms. The van der Waals surface area contributed by atoms with Crippen molar-refractivity contribution < 1.29 is 0 Å². The first-order valence-electron chi connectivity index (χ1n) is 4.60. The summed E-state index contributed by atoms with van der Waals surface area (Å²) in [5.74, 6) is 0.835. The third-order valence-electron chi connectivity index (χ3n) is 2.18. The lowest BCUT2D eigenvalue weighted by atomic mass is 10.4. The topological polar surface area (TPSA) is 41.6 Å². The van der Waals surface area contributed by atoms with Crippen molar-refractivity contribution in [2.24, 2.45) is 0 Å². The first kappa shape index (κ1) is 11.8. The molecule has 3 aromatic heterocycles. The van der Waals surface area contributed by atoms with Gasteiger partial charge in [-0.25, -0.2) is 9.97 Å². The average molecular weight is 438 g/mol. The van der Waals surface area contributed by atoms with Crippen LogP contribution in [-0.2, 0) is 0 Å². The van der Waals surface area contributed by atoms with Gasteiger partial charge in [0, 0.05) is 15.1 Å². The summed E-state index contributed by atoms with van der Waals surface area (Å²) in [5, 5.41) is 0. The quantitative estimate of drug-likeness (QED) is 0.583. The van der Waals surface area contributed by atoms with Crippen LogP contribution in [0.15, 0.2) is 31.1 Å². The van der Waals surface area contributed by atoms with Gasteiger partial charge in [-0.15, -0.1) is 11.3 Å². The average Bonchev–Trinajstić information content (AvgIpc) is 2.83. The molecule has 0 amide bonds. The lowest BCUT2D eigenvalue weighted by molar-refractivity contribution is 1.31. The molecule has 0 radical (unpaired) electrons. The van der Waals surface area contributed by atoms with Crippen LogP contribution in [0.3, 0.4) is 0 Å². The largest absolute Gasteiger partial charge is 0.336 e. The molecule has 17 heavy (non-hydrogen) atoms. The maximum Gasteiger partial charge on any atom is 0.178 e. The third-order valence-corrected chi connectivity index (χ3v) is 5.88. The van der Waals surface area contributed by atoms with Crippen molar-refractivity contribution in [1.82, 2.24) is 15.0 Å². The van der Waals surface area contributed by atoms with E-state index in [1.807, 2.05) is 12.1 Å². The number of aromatic amines is 1. The molecule has 0 unspecified atom stereocenters. The van der Waals surface area contributed by atoms with Crippen LogP contribution < -0.4 is 0 Å². The van der Waals surface area contributed by atoms with Crippen molar-refractivity contribution in [2.45, 2.75) is 0 Å². The Morgan fingerprint density at radius 1 is 1.18 bits per heavy atom. The summed E-state index contributed by atoms with van der Waals surface area (Å²) in [6.07, 6.45) is 1.74. The Balaban J connectivity index is 2.17. The maximum atomic E-state index is 4.46. The monoisotopic (exact) mass is 435 g/mol. The summed E-state index contributed by atoms with van der Waals surface area (Å²) in [5.41, 5.74) is 1.65. The number of hydrogen-bond acceptors (Lipinski definition) is 3. The van der Waals surface area contributed by atoms with E-state index in [9.17, 15) is 0 Å². The Morgan fingerprint density at radius 2 is 2.00 bits per heavy atom. The second kappa shape index (κ2) is 4.46. The Kier molecular flexibility index (Phi) is 3.10. The van der Waals surface area contributed by atoms with E-state index in [1.165, 1.54) is 0 Å². The van der Waals surface area contributed by atoms with Crippen LogP contribution in [0.25, 0.3) is 21.9 Å². The van der Waals surface area contributed by atoms with Gasteiger partial charge in [0.1, 0.15) is 0 Å². The van der Waals surface area contributed by atoms with E-state index < -0.39 is 0 Å². The highest BCUT2D eigenvalue weighted by atomic mass is 79.9. The van der Waals surface area contributed by atoms with Crippen molar-refractivity contribution in [3.63, 3.8) is 0 Å². The molecule has 0 atom stereocenters. The molecule has 0 spiro atoms. The SMILES string of the molecule is Brc1cnc2nc(-c3cc(Br)c(Br)s3)[nH]c2c1. The van der Waals surface area contributed by atoms with Crippen molar-refractivity contribution in [3.8, 4) is 10.7 Å². The lowest BCUT2D eigenvalue weighted by Crippen LogP contribution is -1.75. The number of aromatic nitrogens is 3. The molecular weight excluding hydrogens is 434 g/mol. The van der Waals surface area contributed by atoms with E-state index in [0.717, 1.165) is 34.6 Å².